The molecular formula is C20H26N2O2. The first-order valence-corrected chi connectivity index (χ1v) is 9.19. The molecule has 2 aromatic rings. The molecule has 1 saturated heterocycles. The van der Waals surface area contributed by atoms with Crippen molar-refractivity contribution < 1.29 is 9.53 Å². The fraction of sp³-hybridized carbons (Fsp3) is 0.550. The maximum absolute atomic E-state index is 12.5. The highest BCUT2D eigenvalue weighted by molar-refractivity contribution is 5.81. The van der Waals surface area contributed by atoms with Crippen LogP contribution in [0.1, 0.15) is 44.2 Å². The summed E-state index contributed by atoms with van der Waals surface area (Å²) >= 11 is 0. The van der Waals surface area contributed by atoms with E-state index in [0.29, 0.717) is 11.8 Å². The second kappa shape index (κ2) is 6.60. The Balaban J connectivity index is 1.33. The van der Waals surface area contributed by atoms with E-state index in [1.54, 1.807) is 0 Å². The monoisotopic (exact) mass is 326 g/mol. The molecule has 2 heterocycles. The lowest BCUT2D eigenvalue weighted by Gasteiger charge is -2.33. The second-order valence-electron chi connectivity index (χ2n) is 7.33. The number of aromatic amines is 1. The quantitative estimate of drug-likeness (QED) is 0.911. The van der Waals surface area contributed by atoms with Crippen LogP contribution in [0.5, 0.6) is 0 Å². The molecule has 0 unspecified atom stereocenters. The number of aromatic nitrogens is 1. The van der Waals surface area contributed by atoms with E-state index in [0.717, 1.165) is 32.5 Å². The number of amides is 1. The second-order valence-corrected chi connectivity index (χ2v) is 7.33. The standard InChI is InChI=1S/C20H26N2O2/c1-14(24-13-15-6-7-15)20(23)22-10-8-16(9-11-22)19-12-17-4-2-3-5-18(17)21-19/h2-5,12,14-16,21H,6-11,13H2,1H3/t14-/m1/s1. The maximum Gasteiger partial charge on any atom is 0.251 e. The molecule has 1 aromatic heterocycles. The third-order valence-electron chi connectivity index (χ3n) is 5.42. The summed E-state index contributed by atoms with van der Waals surface area (Å²) in [7, 11) is 0. The van der Waals surface area contributed by atoms with Crippen molar-refractivity contribution in [2.24, 2.45) is 5.92 Å². The first kappa shape index (κ1) is 15.7. The highest BCUT2D eigenvalue weighted by Gasteiger charge is 2.29. The summed E-state index contributed by atoms with van der Waals surface area (Å²) in [6, 6.07) is 10.7. The largest absolute Gasteiger partial charge is 0.368 e. The SMILES string of the molecule is C[C@@H](OCC1CC1)C(=O)N1CCC(c2cc3ccccc3[nH]2)CC1. The molecule has 4 heteroatoms. The van der Waals surface area contributed by atoms with Gasteiger partial charge in [0.25, 0.3) is 5.91 Å². The number of para-hydroxylation sites is 1. The molecule has 1 atom stereocenters. The van der Waals surface area contributed by atoms with Gasteiger partial charge in [0.15, 0.2) is 0 Å². The molecule has 24 heavy (non-hydrogen) atoms. The minimum absolute atomic E-state index is 0.158. The first-order chi connectivity index (χ1) is 11.7. The summed E-state index contributed by atoms with van der Waals surface area (Å²) in [4.78, 5) is 18.0. The smallest absolute Gasteiger partial charge is 0.251 e. The van der Waals surface area contributed by atoms with E-state index < -0.39 is 0 Å². The fourth-order valence-electron chi connectivity index (χ4n) is 3.62. The minimum atomic E-state index is -0.296. The average Bonchev–Trinajstić information content (AvgIpc) is 3.35. The van der Waals surface area contributed by atoms with Crippen molar-refractivity contribution in [1.82, 2.24) is 9.88 Å². The zero-order chi connectivity index (χ0) is 16.5. The number of hydrogen-bond acceptors (Lipinski definition) is 2. The molecule has 1 aliphatic carbocycles. The zero-order valence-electron chi connectivity index (χ0n) is 14.3. The van der Waals surface area contributed by atoms with Gasteiger partial charge in [0, 0.05) is 30.2 Å². The number of carbonyl (C=O) groups excluding carboxylic acids is 1. The van der Waals surface area contributed by atoms with Gasteiger partial charge in [-0.15, -0.1) is 0 Å². The molecule has 2 fully saturated rings. The summed E-state index contributed by atoms with van der Waals surface area (Å²) < 4.78 is 5.73. The predicted octanol–water partition coefficient (Wildman–Crippen LogP) is 3.69. The van der Waals surface area contributed by atoms with Gasteiger partial charge in [0.2, 0.25) is 0 Å². The van der Waals surface area contributed by atoms with Gasteiger partial charge in [0.1, 0.15) is 6.10 Å². The number of fused-ring (bicyclic) bond motifs is 1. The molecule has 1 N–H and O–H groups in total. The Hall–Kier alpha value is -1.81. The zero-order valence-corrected chi connectivity index (χ0v) is 14.3. The number of piperidine rings is 1. The van der Waals surface area contributed by atoms with Gasteiger partial charge in [-0.1, -0.05) is 18.2 Å². The molecule has 0 spiro atoms. The van der Waals surface area contributed by atoms with Crippen LogP contribution in [-0.4, -0.2) is 41.6 Å². The van der Waals surface area contributed by atoms with Crippen LogP contribution in [0, 0.1) is 5.92 Å². The number of ether oxygens (including phenoxy) is 1. The van der Waals surface area contributed by atoms with Crippen molar-refractivity contribution in [1.29, 1.82) is 0 Å². The van der Waals surface area contributed by atoms with Gasteiger partial charge >= 0.3 is 0 Å². The summed E-state index contributed by atoms with van der Waals surface area (Å²) in [5, 5.41) is 1.27. The fourth-order valence-corrected chi connectivity index (χ4v) is 3.62. The molecule has 128 valence electrons. The molecule has 4 nitrogen and oxygen atoms in total. The van der Waals surface area contributed by atoms with E-state index in [-0.39, 0.29) is 12.0 Å². The van der Waals surface area contributed by atoms with Crippen molar-refractivity contribution in [3.63, 3.8) is 0 Å². The third-order valence-corrected chi connectivity index (χ3v) is 5.42. The number of H-pyrrole nitrogens is 1. The van der Waals surface area contributed by atoms with Crippen LogP contribution in [0.25, 0.3) is 10.9 Å². The van der Waals surface area contributed by atoms with Gasteiger partial charge in [-0.3, -0.25) is 4.79 Å². The van der Waals surface area contributed by atoms with Crippen LogP contribution in [0.2, 0.25) is 0 Å². The van der Waals surface area contributed by atoms with Crippen LogP contribution < -0.4 is 0 Å². The van der Waals surface area contributed by atoms with E-state index in [1.165, 1.54) is 29.4 Å². The average molecular weight is 326 g/mol. The Kier molecular flexibility index (Phi) is 4.31. The van der Waals surface area contributed by atoms with E-state index in [4.69, 9.17) is 4.74 Å². The molecule has 0 radical (unpaired) electrons. The molecule has 1 aliphatic heterocycles. The van der Waals surface area contributed by atoms with E-state index >= 15 is 0 Å². The van der Waals surface area contributed by atoms with Crippen molar-refractivity contribution >= 4 is 16.8 Å². The summed E-state index contributed by atoms with van der Waals surface area (Å²) in [5.41, 5.74) is 2.51. The van der Waals surface area contributed by atoms with Crippen LogP contribution in [-0.2, 0) is 9.53 Å². The Morgan fingerprint density at radius 2 is 2.00 bits per heavy atom. The van der Waals surface area contributed by atoms with Crippen molar-refractivity contribution in [3.05, 3.63) is 36.0 Å². The molecular weight excluding hydrogens is 300 g/mol. The Bertz CT molecular complexity index is 678. The van der Waals surface area contributed by atoms with Gasteiger partial charge in [-0.2, -0.15) is 0 Å². The lowest BCUT2D eigenvalue weighted by molar-refractivity contribution is -0.144. The highest BCUT2D eigenvalue weighted by atomic mass is 16.5. The molecule has 1 saturated carbocycles. The summed E-state index contributed by atoms with van der Waals surface area (Å²) in [5.74, 6) is 1.38. The number of carbonyl (C=O) groups is 1. The first-order valence-electron chi connectivity index (χ1n) is 9.19. The summed E-state index contributed by atoms with van der Waals surface area (Å²) in [6.45, 7) is 4.30. The Labute approximate surface area is 143 Å². The normalized spacial score (nSPS) is 20.5. The predicted molar refractivity (Wildman–Crippen MR) is 95.0 cm³/mol. The van der Waals surface area contributed by atoms with Gasteiger partial charge < -0.3 is 14.6 Å². The maximum atomic E-state index is 12.5. The van der Waals surface area contributed by atoms with E-state index in [2.05, 4.69) is 35.3 Å². The third kappa shape index (κ3) is 3.34. The highest BCUT2D eigenvalue weighted by Crippen LogP contribution is 2.31. The molecule has 4 rings (SSSR count). The van der Waals surface area contributed by atoms with Crippen LogP contribution in [0.15, 0.2) is 30.3 Å². The van der Waals surface area contributed by atoms with Gasteiger partial charge in [0.05, 0.1) is 6.61 Å². The number of rotatable bonds is 5. The molecule has 0 bridgehead atoms. The number of nitrogens with one attached hydrogen (secondary N) is 1. The molecule has 2 aliphatic rings. The van der Waals surface area contributed by atoms with Crippen molar-refractivity contribution in [2.45, 2.75) is 44.6 Å². The van der Waals surface area contributed by atoms with Crippen molar-refractivity contribution in [3.8, 4) is 0 Å². The number of likely N-dealkylation sites (tertiary alicyclic amines) is 1. The van der Waals surface area contributed by atoms with Crippen LogP contribution in [0.3, 0.4) is 0 Å². The Morgan fingerprint density at radius 1 is 1.25 bits per heavy atom. The van der Waals surface area contributed by atoms with Crippen LogP contribution >= 0.6 is 0 Å². The number of hydrogen-bond donors (Lipinski definition) is 1. The Morgan fingerprint density at radius 3 is 2.71 bits per heavy atom. The topological polar surface area (TPSA) is 45.3 Å². The lowest BCUT2D eigenvalue weighted by atomic mass is 9.93. The van der Waals surface area contributed by atoms with Crippen LogP contribution in [0.4, 0.5) is 0 Å². The van der Waals surface area contributed by atoms with Gasteiger partial charge in [-0.25, -0.2) is 0 Å². The number of benzene rings is 1. The summed E-state index contributed by atoms with van der Waals surface area (Å²) in [6.07, 6.45) is 4.27. The van der Waals surface area contributed by atoms with E-state index in [1.807, 2.05) is 11.8 Å². The minimum Gasteiger partial charge on any atom is -0.368 e. The number of nitrogens with zero attached hydrogens (tertiary/aromatic N) is 1. The molecule has 1 aromatic carbocycles. The van der Waals surface area contributed by atoms with E-state index in [9.17, 15) is 4.79 Å². The lowest BCUT2D eigenvalue weighted by Crippen LogP contribution is -2.43. The van der Waals surface area contributed by atoms with Crippen molar-refractivity contribution in [2.75, 3.05) is 19.7 Å². The van der Waals surface area contributed by atoms with Gasteiger partial charge in [-0.05, 0) is 56.0 Å². The molecule has 1 amide bonds.